The monoisotopic (exact) mass is 360 g/mol. The van der Waals surface area contributed by atoms with Crippen LogP contribution in [0.25, 0.3) is 0 Å². The summed E-state index contributed by atoms with van der Waals surface area (Å²) in [7, 11) is -2.63. The molecule has 23 heavy (non-hydrogen) atoms. The highest BCUT2D eigenvalue weighted by Crippen LogP contribution is 2.42. The number of nitrogens with one attached hydrogen (secondary N) is 1. The summed E-state index contributed by atoms with van der Waals surface area (Å²) in [5.41, 5.74) is 5.90. The third kappa shape index (κ3) is 13.3. The Labute approximate surface area is 148 Å². The van der Waals surface area contributed by atoms with Crippen molar-refractivity contribution in [2.24, 2.45) is 11.1 Å². The lowest BCUT2D eigenvalue weighted by molar-refractivity contribution is 0.0454. The van der Waals surface area contributed by atoms with E-state index in [0.29, 0.717) is 5.41 Å². The summed E-state index contributed by atoms with van der Waals surface area (Å²) in [4.78, 5) is 0. The number of hydrogen-bond acceptors (Lipinski definition) is 3. The molecule has 0 bridgehead atoms. The van der Waals surface area contributed by atoms with Gasteiger partial charge in [0.05, 0.1) is 5.60 Å². The molecule has 0 saturated carbocycles. The highest BCUT2D eigenvalue weighted by Gasteiger charge is 2.38. The molecule has 0 aliphatic heterocycles. The van der Waals surface area contributed by atoms with Crippen molar-refractivity contribution in [2.45, 2.75) is 91.0 Å². The summed E-state index contributed by atoms with van der Waals surface area (Å²) in [5, 5.41) is 3.43. The Bertz CT molecular complexity index is 335. The van der Waals surface area contributed by atoms with Crippen LogP contribution in [0.2, 0.25) is 45.3 Å². The van der Waals surface area contributed by atoms with E-state index in [-0.39, 0.29) is 5.60 Å². The molecule has 5 heteroatoms. The van der Waals surface area contributed by atoms with Crippen LogP contribution in [0.4, 0.5) is 0 Å². The van der Waals surface area contributed by atoms with Crippen LogP contribution < -0.4 is 11.1 Å². The van der Waals surface area contributed by atoms with E-state index in [1.807, 2.05) is 0 Å². The Morgan fingerprint density at radius 3 is 1.96 bits per heavy atom. The summed E-state index contributed by atoms with van der Waals surface area (Å²) in [5.74, 6) is 0. The van der Waals surface area contributed by atoms with Crippen molar-refractivity contribution in [3.63, 3.8) is 0 Å². The van der Waals surface area contributed by atoms with Gasteiger partial charge in [-0.05, 0) is 64.7 Å². The smallest absolute Gasteiger partial charge is 0.184 e. The highest BCUT2D eigenvalue weighted by molar-refractivity contribution is 6.76. The molecule has 0 aromatic rings. The first kappa shape index (κ1) is 23.3. The molecule has 0 amide bonds. The van der Waals surface area contributed by atoms with Gasteiger partial charge in [0.15, 0.2) is 8.32 Å². The summed E-state index contributed by atoms with van der Waals surface area (Å²) in [6.45, 7) is 24.2. The number of rotatable bonds is 12. The van der Waals surface area contributed by atoms with Gasteiger partial charge in [0, 0.05) is 21.2 Å². The first-order chi connectivity index (χ1) is 10.2. The predicted octanol–water partition coefficient (Wildman–Crippen LogP) is 4.68. The highest BCUT2D eigenvalue weighted by atomic mass is 28.4. The quantitative estimate of drug-likeness (QED) is 0.392. The fourth-order valence-electron chi connectivity index (χ4n) is 4.28. The molecule has 1 atom stereocenters. The van der Waals surface area contributed by atoms with E-state index in [1.165, 1.54) is 18.9 Å². The molecule has 3 N–H and O–H groups in total. The Hall–Kier alpha value is 0.314. The predicted molar refractivity (Wildman–Crippen MR) is 111 cm³/mol. The third-order valence-corrected chi connectivity index (χ3v) is 6.93. The molecule has 0 aliphatic rings. The van der Waals surface area contributed by atoms with Crippen molar-refractivity contribution >= 4 is 16.4 Å². The fourth-order valence-corrected chi connectivity index (χ4v) is 8.87. The number of nitrogens with two attached hydrogens (primary N) is 1. The van der Waals surface area contributed by atoms with Crippen LogP contribution in [0.5, 0.6) is 0 Å². The second kappa shape index (κ2) is 9.13. The molecular weight excluding hydrogens is 316 g/mol. The minimum absolute atomic E-state index is 0.0242. The van der Waals surface area contributed by atoms with Gasteiger partial charge in [-0.15, -0.1) is 0 Å². The Morgan fingerprint density at radius 2 is 1.52 bits per heavy atom. The van der Waals surface area contributed by atoms with E-state index in [2.05, 4.69) is 65.4 Å². The minimum atomic E-state index is -1.51. The molecule has 0 aliphatic carbocycles. The lowest BCUT2D eigenvalue weighted by Crippen LogP contribution is -2.43. The zero-order valence-electron chi connectivity index (χ0n) is 17.4. The second-order valence-corrected chi connectivity index (χ2v) is 20.2. The van der Waals surface area contributed by atoms with Gasteiger partial charge in [-0.3, -0.25) is 0 Å². The maximum atomic E-state index is 6.50. The van der Waals surface area contributed by atoms with E-state index >= 15 is 0 Å². The molecule has 3 nitrogen and oxygen atoms in total. The normalized spacial score (nSPS) is 16.4. The summed E-state index contributed by atoms with van der Waals surface area (Å²) < 4.78 is 6.50. The topological polar surface area (TPSA) is 47.3 Å². The van der Waals surface area contributed by atoms with Crippen molar-refractivity contribution in [3.05, 3.63) is 0 Å². The zero-order valence-corrected chi connectivity index (χ0v) is 19.4. The van der Waals surface area contributed by atoms with Crippen molar-refractivity contribution < 1.29 is 4.43 Å². The van der Waals surface area contributed by atoms with Crippen LogP contribution in [0.1, 0.15) is 40.0 Å². The Kier molecular flexibility index (Phi) is 9.26. The average molecular weight is 361 g/mol. The number of hydrogen-bond donors (Lipinski definition) is 2. The van der Waals surface area contributed by atoms with Crippen LogP contribution in [0.15, 0.2) is 0 Å². The van der Waals surface area contributed by atoms with Crippen LogP contribution in [0, 0.1) is 5.41 Å². The van der Waals surface area contributed by atoms with Crippen molar-refractivity contribution in [1.29, 1.82) is 0 Å². The fraction of sp³-hybridized carbons (Fsp3) is 1.00. The summed E-state index contributed by atoms with van der Waals surface area (Å²) >= 11 is 0. The van der Waals surface area contributed by atoms with Crippen molar-refractivity contribution in [3.8, 4) is 0 Å². The van der Waals surface area contributed by atoms with E-state index in [1.54, 1.807) is 0 Å². The Morgan fingerprint density at radius 1 is 0.957 bits per heavy atom. The molecule has 0 aromatic heterocycles. The maximum absolute atomic E-state index is 6.50. The van der Waals surface area contributed by atoms with Crippen LogP contribution in [-0.4, -0.2) is 41.6 Å². The third-order valence-electron chi connectivity index (χ3n) is 3.85. The molecule has 0 aromatic carbocycles. The zero-order chi connectivity index (χ0) is 18.4. The van der Waals surface area contributed by atoms with E-state index in [9.17, 15) is 0 Å². The molecule has 0 rings (SSSR count). The van der Waals surface area contributed by atoms with Gasteiger partial charge < -0.3 is 15.5 Å². The molecule has 0 saturated heterocycles. The maximum Gasteiger partial charge on any atom is 0.184 e. The van der Waals surface area contributed by atoms with Crippen LogP contribution in [-0.2, 0) is 4.43 Å². The minimum Gasteiger partial charge on any atom is -0.413 e. The van der Waals surface area contributed by atoms with Gasteiger partial charge in [-0.25, -0.2) is 0 Å². The molecule has 140 valence electrons. The lowest BCUT2D eigenvalue weighted by Gasteiger charge is -2.43. The SMILES string of the molecule is CC(CCCNCCN)(CC(C)(C)O[Si](C)(C)C)C[Si](C)(C)C. The molecule has 0 radical (unpaired) electrons. The van der Waals surface area contributed by atoms with Crippen molar-refractivity contribution in [2.75, 3.05) is 19.6 Å². The average Bonchev–Trinajstić information content (AvgIpc) is 2.20. The van der Waals surface area contributed by atoms with E-state index in [4.69, 9.17) is 10.2 Å². The van der Waals surface area contributed by atoms with Crippen LogP contribution in [0.3, 0.4) is 0 Å². The van der Waals surface area contributed by atoms with E-state index < -0.39 is 16.4 Å². The summed E-state index contributed by atoms with van der Waals surface area (Å²) in [6, 6.07) is 1.37. The Balaban J connectivity index is 4.84. The van der Waals surface area contributed by atoms with Gasteiger partial charge in [0.2, 0.25) is 0 Å². The van der Waals surface area contributed by atoms with Gasteiger partial charge in [-0.2, -0.15) is 0 Å². The van der Waals surface area contributed by atoms with E-state index in [0.717, 1.165) is 26.1 Å². The first-order valence-corrected chi connectivity index (χ1v) is 16.4. The van der Waals surface area contributed by atoms with Crippen molar-refractivity contribution in [1.82, 2.24) is 5.32 Å². The molecule has 0 spiro atoms. The first-order valence-electron chi connectivity index (χ1n) is 9.29. The standard InChI is InChI=1S/C18H44N2OSi2/c1-17(2,21-23(7,8)9)15-18(3,16-22(4,5)6)11-10-13-20-14-12-19/h20H,10-16,19H2,1-9H3. The van der Waals surface area contributed by atoms with Crippen LogP contribution >= 0.6 is 0 Å². The second-order valence-electron chi connectivity index (χ2n) is 10.3. The summed E-state index contributed by atoms with van der Waals surface area (Å²) in [6.07, 6.45) is 3.66. The van der Waals surface area contributed by atoms with Gasteiger partial charge in [-0.1, -0.05) is 32.6 Å². The molecular formula is C18H44N2OSi2. The van der Waals surface area contributed by atoms with Gasteiger partial charge >= 0.3 is 0 Å². The molecule has 1 unspecified atom stereocenters. The molecule has 0 heterocycles. The van der Waals surface area contributed by atoms with Gasteiger partial charge in [0.1, 0.15) is 0 Å². The van der Waals surface area contributed by atoms with Gasteiger partial charge in [0.25, 0.3) is 0 Å². The largest absolute Gasteiger partial charge is 0.413 e. The lowest BCUT2D eigenvalue weighted by atomic mass is 9.78. The molecule has 0 fully saturated rings.